The van der Waals surface area contributed by atoms with Gasteiger partial charge in [-0.1, -0.05) is 45.8 Å². The third-order valence-electron chi connectivity index (χ3n) is 7.63. The number of ketones is 2. The van der Waals surface area contributed by atoms with Gasteiger partial charge in [-0.15, -0.1) is 13.0 Å². The Morgan fingerprint density at radius 1 is 1.03 bits per heavy atom. The van der Waals surface area contributed by atoms with E-state index in [1.165, 1.54) is 0 Å². The third-order valence-corrected chi connectivity index (χ3v) is 7.63. The van der Waals surface area contributed by atoms with E-state index in [1.807, 2.05) is 32.2 Å². The molecule has 0 N–H and O–H groups in total. The molecule has 37 heavy (non-hydrogen) atoms. The van der Waals surface area contributed by atoms with E-state index in [0.717, 1.165) is 46.5 Å². The van der Waals surface area contributed by atoms with Crippen LogP contribution in [0.1, 0.15) is 77.3 Å². The number of hydrogen-bond acceptors (Lipinski definition) is 5. The Kier molecular flexibility index (Phi) is 7.16. The molecule has 0 aromatic heterocycles. The Morgan fingerprint density at radius 2 is 1.59 bits per heavy atom. The SMILES string of the molecule is C#CCOc1c(CC=C)cc(C2C3=C(CC(C)(C)CC3=O)N(C)C3=C2C(=O)CC(C)(C)C3)cc1OCC. The molecule has 0 radical (unpaired) electrons. The lowest BCUT2D eigenvalue weighted by Crippen LogP contribution is -2.43. The molecule has 0 spiro atoms. The van der Waals surface area contributed by atoms with Gasteiger partial charge in [-0.2, -0.15) is 0 Å². The summed E-state index contributed by atoms with van der Waals surface area (Å²) in [6, 6.07) is 3.98. The number of Topliss-reactive ketones (excluding diaryl/α,β-unsaturated/α-hetero) is 2. The second-order valence-electron chi connectivity index (χ2n) is 12.0. The van der Waals surface area contributed by atoms with Crippen molar-refractivity contribution in [3.05, 3.63) is 58.5 Å². The summed E-state index contributed by atoms with van der Waals surface area (Å²) in [5, 5.41) is 0. The first-order chi connectivity index (χ1) is 17.4. The van der Waals surface area contributed by atoms with Crippen LogP contribution in [-0.2, 0) is 16.0 Å². The molecule has 0 unspecified atom stereocenters. The van der Waals surface area contributed by atoms with E-state index in [9.17, 15) is 9.59 Å². The summed E-state index contributed by atoms with van der Waals surface area (Å²) in [5.74, 6) is 3.48. The molecule has 196 valence electrons. The predicted molar refractivity (Wildman–Crippen MR) is 146 cm³/mol. The number of nitrogens with zero attached hydrogens (tertiary/aromatic N) is 1. The van der Waals surface area contributed by atoms with Crippen molar-refractivity contribution in [3.63, 3.8) is 0 Å². The third kappa shape index (κ3) is 4.99. The van der Waals surface area contributed by atoms with Crippen molar-refractivity contribution in [2.45, 2.75) is 72.6 Å². The molecule has 4 rings (SSSR count). The van der Waals surface area contributed by atoms with Gasteiger partial charge in [0.05, 0.1) is 6.61 Å². The fourth-order valence-electron chi connectivity index (χ4n) is 6.20. The molecular weight excluding hydrogens is 462 g/mol. The molecular formula is C32H39NO4. The van der Waals surface area contributed by atoms with E-state index in [-0.39, 0.29) is 29.0 Å². The average Bonchev–Trinajstić information content (AvgIpc) is 2.79. The van der Waals surface area contributed by atoms with Crippen molar-refractivity contribution in [2.75, 3.05) is 20.3 Å². The molecule has 1 heterocycles. The fraction of sp³-hybridized carbons (Fsp3) is 0.500. The summed E-state index contributed by atoms with van der Waals surface area (Å²) in [6.45, 7) is 15.0. The normalized spacial score (nSPS) is 20.8. The maximum Gasteiger partial charge on any atom is 0.166 e. The highest BCUT2D eigenvalue weighted by Gasteiger charge is 2.48. The molecule has 3 aliphatic rings. The molecule has 0 fully saturated rings. The van der Waals surface area contributed by atoms with Crippen LogP contribution in [0.5, 0.6) is 11.5 Å². The van der Waals surface area contributed by atoms with E-state index in [0.29, 0.717) is 37.4 Å². The quantitative estimate of drug-likeness (QED) is 0.332. The van der Waals surface area contributed by atoms with Crippen molar-refractivity contribution in [3.8, 4) is 23.8 Å². The summed E-state index contributed by atoms with van der Waals surface area (Å²) in [4.78, 5) is 29.7. The van der Waals surface area contributed by atoms with E-state index in [2.05, 4.69) is 45.1 Å². The van der Waals surface area contributed by atoms with Crippen LogP contribution in [0.3, 0.4) is 0 Å². The first kappa shape index (κ1) is 26.8. The minimum atomic E-state index is -0.433. The van der Waals surface area contributed by atoms with Gasteiger partial charge in [-0.05, 0) is 48.6 Å². The van der Waals surface area contributed by atoms with Crippen LogP contribution >= 0.6 is 0 Å². The molecule has 1 aromatic carbocycles. The predicted octanol–water partition coefficient (Wildman–Crippen LogP) is 6.14. The van der Waals surface area contributed by atoms with E-state index in [4.69, 9.17) is 15.9 Å². The Labute approximate surface area is 221 Å². The number of carbonyl (C=O) groups excluding carboxylic acids is 2. The van der Waals surface area contributed by atoms with Gasteiger partial charge in [-0.3, -0.25) is 9.59 Å². The Bertz CT molecular complexity index is 1200. The molecule has 0 saturated heterocycles. The van der Waals surface area contributed by atoms with E-state index < -0.39 is 5.92 Å². The Hall–Kier alpha value is -3.26. The van der Waals surface area contributed by atoms with Crippen LogP contribution in [0.2, 0.25) is 0 Å². The van der Waals surface area contributed by atoms with Crippen molar-refractivity contribution >= 4 is 11.6 Å². The minimum absolute atomic E-state index is 0.114. The lowest BCUT2D eigenvalue weighted by molar-refractivity contribution is -0.119. The number of ether oxygens (including phenoxy) is 2. The van der Waals surface area contributed by atoms with Gasteiger partial charge in [0.25, 0.3) is 0 Å². The van der Waals surface area contributed by atoms with Crippen LogP contribution in [-0.4, -0.2) is 36.7 Å². The van der Waals surface area contributed by atoms with Gasteiger partial charge in [-0.25, -0.2) is 0 Å². The molecule has 0 amide bonds. The highest BCUT2D eigenvalue weighted by molar-refractivity contribution is 6.06. The summed E-state index contributed by atoms with van der Waals surface area (Å²) < 4.78 is 11.9. The first-order valence-corrected chi connectivity index (χ1v) is 13.2. The lowest BCUT2D eigenvalue weighted by atomic mass is 9.63. The number of hydrogen-bond donors (Lipinski definition) is 0. The number of allylic oxidation sites excluding steroid dienone is 5. The lowest BCUT2D eigenvalue weighted by Gasteiger charge is -2.48. The molecule has 2 aliphatic carbocycles. The number of terminal acetylenes is 1. The van der Waals surface area contributed by atoms with Crippen molar-refractivity contribution in [1.29, 1.82) is 0 Å². The van der Waals surface area contributed by atoms with Crippen molar-refractivity contribution in [2.24, 2.45) is 10.8 Å². The van der Waals surface area contributed by atoms with Crippen LogP contribution in [0.25, 0.3) is 0 Å². The van der Waals surface area contributed by atoms with Gasteiger partial charge >= 0.3 is 0 Å². The second-order valence-corrected chi connectivity index (χ2v) is 12.0. The maximum absolute atomic E-state index is 13.8. The average molecular weight is 502 g/mol. The standard InChI is InChI=1S/C32H39NO4/c1-9-12-20-14-21(15-26(36-11-3)30(20)37-13-10-2)27-28-22(16-31(4,5)18-24(28)34)33(8)23-17-32(6,7)19-25(35)29(23)27/h2,9,14-15,27H,1,11-13,16-19H2,3-8H3. The number of carbonyl (C=O) groups is 2. The van der Waals surface area contributed by atoms with Crippen LogP contribution in [0.15, 0.2) is 47.3 Å². The maximum atomic E-state index is 13.8. The summed E-state index contributed by atoms with van der Waals surface area (Å²) >= 11 is 0. The molecule has 1 aliphatic heterocycles. The monoisotopic (exact) mass is 501 g/mol. The summed E-state index contributed by atoms with van der Waals surface area (Å²) in [7, 11) is 2.02. The molecule has 5 heteroatoms. The highest BCUT2D eigenvalue weighted by Crippen LogP contribution is 2.54. The Balaban J connectivity index is 2.00. The molecule has 0 saturated carbocycles. The second kappa shape index (κ2) is 9.89. The van der Waals surface area contributed by atoms with Gasteiger partial charge in [0.2, 0.25) is 0 Å². The molecule has 5 nitrogen and oxygen atoms in total. The molecule has 1 aromatic rings. The van der Waals surface area contributed by atoms with Gasteiger partial charge in [0.1, 0.15) is 6.61 Å². The fourth-order valence-corrected chi connectivity index (χ4v) is 6.20. The van der Waals surface area contributed by atoms with Crippen molar-refractivity contribution in [1.82, 2.24) is 4.90 Å². The van der Waals surface area contributed by atoms with E-state index >= 15 is 0 Å². The zero-order valence-corrected chi connectivity index (χ0v) is 23.1. The van der Waals surface area contributed by atoms with Gasteiger partial charge in [0, 0.05) is 53.9 Å². The zero-order valence-electron chi connectivity index (χ0n) is 23.1. The summed E-state index contributed by atoms with van der Waals surface area (Å²) in [6.07, 6.45) is 10.3. The highest BCUT2D eigenvalue weighted by atomic mass is 16.5. The van der Waals surface area contributed by atoms with E-state index in [1.54, 1.807) is 0 Å². The number of benzene rings is 1. The smallest absolute Gasteiger partial charge is 0.166 e. The first-order valence-electron chi connectivity index (χ1n) is 13.2. The molecule has 0 bridgehead atoms. The number of rotatable bonds is 7. The summed E-state index contributed by atoms with van der Waals surface area (Å²) in [5.41, 5.74) is 5.04. The topological polar surface area (TPSA) is 55.8 Å². The molecule has 0 atom stereocenters. The minimum Gasteiger partial charge on any atom is -0.490 e. The van der Waals surface area contributed by atoms with Gasteiger partial charge < -0.3 is 14.4 Å². The van der Waals surface area contributed by atoms with Crippen LogP contribution in [0, 0.1) is 23.2 Å². The van der Waals surface area contributed by atoms with Crippen LogP contribution < -0.4 is 9.47 Å². The zero-order chi connectivity index (χ0) is 27.1. The van der Waals surface area contributed by atoms with Gasteiger partial charge in [0.15, 0.2) is 23.1 Å². The van der Waals surface area contributed by atoms with Crippen molar-refractivity contribution < 1.29 is 19.1 Å². The largest absolute Gasteiger partial charge is 0.490 e. The Morgan fingerprint density at radius 3 is 2.08 bits per heavy atom. The van der Waals surface area contributed by atoms with Crippen LogP contribution in [0.4, 0.5) is 0 Å².